The van der Waals surface area contributed by atoms with E-state index in [0.29, 0.717) is 6.10 Å². The van der Waals surface area contributed by atoms with Gasteiger partial charge in [-0.05, 0) is 46.6 Å². The van der Waals surface area contributed by atoms with E-state index in [-0.39, 0.29) is 18.3 Å². The Labute approximate surface area is 127 Å². The maximum atomic E-state index is 6.12. The van der Waals surface area contributed by atoms with Crippen molar-refractivity contribution >= 4 is 18.3 Å². The van der Waals surface area contributed by atoms with Crippen LogP contribution in [-0.4, -0.2) is 31.5 Å². The van der Waals surface area contributed by atoms with Gasteiger partial charge in [-0.2, -0.15) is 0 Å². The van der Waals surface area contributed by atoms with Crippen LogP contribution >= 0.6 is 0 Å². The largest absolute Gasteiger partial charge is 0.496 e. The van der Waals surface area contributed by atoms with Gasteiger partial charge >= 0.3 is 7.12 Å². The fourth-order valence-electron chi connectivity index (χ4n) is 2.38. The Bertz CT molecular complexity index is 524. The third-order valence-electron chi connectivity index (χ3n) is 4.63. The standard InChI is InChI=1S/C16H24BNO3/c1-15(2)16(3,4)21-17(20-15)13-9-8-12(10-14(13)18-5)19-11-6-7-11/h8-11,18H,6-7H2,1-5H3. The smallest absolute Gasteiger partial charge is 0.490 e. The molecule has 0 amide bonds. The van der Waals surface area contributed by atoms with E-state index in [0.717, 1.165) is 29.7 Å². The Morgan fingerprint density at radius 2 is 1.76 bits per heavy atom. The fourth-order valence-corrected chi connectivity index (χ4v) is 2.38. The molecule has 3 rings (SSSR count). The summed E-state index contributed by atoms with van der Waals surface area (Å²) in [4.78, 5) is 0. The highest BCUT2D eigenvalue weighted by Gasteiger charge is 2.52. The summed E-state index contributed by atoms with van der Waals surface area (Å²) in [5.74, 6) is 0.905. The van der Waals surface area contributed by atoms with Gasteiger partial charge < -0.3 is 19.4 Å². The lowest BCUT2D eigenvalue weighted by molar-refractivity contribution is 0.00578. The zero-order chi connectivity index (χ0) is 15.3. The maximum Gasteiger partial charge on any atom is 0.496 e. The topological polar surface area (TPSA) is 39.7 Å². The van der Waals surface area contributed by atoms with E-state index in [4.69, 9.17) is 14.0 Å². The van der Waals surface area contributed by atoms with Crippen molar-refractivity contribution < 1.29 is 14.0 Å². The summed E-state index contributed by atoms with van der Waals surface area (Å²) in [5, 5.41) is 3.22. The van der Waals surface area contributed by atoms with E-state index >= 15 is 0 Å². The van der Waals surface area contributed by atoms with Crippen LogP contribution in [0.2, 0.25) is 0 Å². The first-order chi connectivity index (χ1) is 9.82. The van der Waals surface area contributed by atoms with E-state index in [2.05, 4.69) is 33.0 Å². The van der Waals surface area contributed by atoms with Crippen molar-refractivity contribution in [3.8, 4) is 5.75 Å². The molecule has 2 fully saturated rings. The second-order valence-electron chi connectivity index (χ2n) is 6.90. The van der Waals surface area contributed by atoms with Crippen LogP contribution in [0.15, 0.2) is 18.2 Å². The maximum absolute atomic E-state index is 6.12. The molecule has 5 heteroatoms. The van der Waals surface area contributed by atoms with Crippen LogP contribution in [0.4, 0.5) is 5.69 Å². The Kier molecular flexibility index (Phi) is 3.45. The quantitative estimate of drug-likeness (QED) is 0.865. The molecule has 0 atom stereocenters. The van der Waals surface area contributed by atoms with Crippen molar-refractivity contribution in [1.29, 1.82) is 0 Å². The number of ether oxygens (including phenoxy) is 1. The minimum Gasteiger partial charge on any atom is -0.490 e. The Hall–Kier alpha value is -1.20. The molecule has 1 saturated heterocycles. The van der Waals surface area contributed by atoms with Crippen LogP contribution in [0.3, 0.4) is 0 Å². The SMILES string of the molecule is CNc1cc(OC2CC2)ccc1B1OC(C)(C)C(C)(C)O1. The molecule has 0 spiro atoms. The van der Waals surface area contributed by atoms with Crippen LogP contribution in [0.5, 0.6) is 5.75 Å². The van der Waals surface area contributed by atoms with Gasteiger partial charge in [-0.3, -0.25) is 0 Å². The van der Waals surface area contributed by atoms with Gasteiger partial charge in [-0.25, -0.2) is 0 Å². The molecule has 1 saturated carbocycles. The molecule has 4 nitrogen and oxygen atoms in total. The third-order valence-corrected chi connectivity index (χ3v) is 4.63. The molecule has 1 N–H and O–H groups in total. The summed E-state index contributed by atoms with van der Waals surface area (Å²) in [6.07, 6.45) is 2.72. The summed E-state index contributed by atoms with van der Waals surface area (Å²) in [7, 11) is 1.55. The fraction of sp³-hybridized carbons (Fsp3) is 0.625. The van der Waals surface area contributed by atoms with Gasteiger partial charge in [-0.15, -0.1) is 0 Å². The van der Waals surface area contributed by atoms with Crippen molar-refractivity contribution in [3.63, 3.8) is 0 Å². The highest BCUT2D eigenvalue weighted by molar-refractivity contribution is 6.64. The molecule has 1 heterocycles. The molecule has 1 aliphatic heterocycles. The summed E-state index contributed by atoms with van der Waals surface area (Å²) in [5.41, 5.74) is 1.35. The lowest BCUT2D eigenvalue weighted by Gasteiger charge is -2.32. The molecule has 1 aromatic rings. The molecule has 1 aromatic carbocycles. The van der Waals surface area contributed by atoms with Gasteiger partial charge in [0.1, 0.15) is 5.75 Å². The normalized spacial score (nSPS) is 23.2. The number of nitrogens with one attached hydrogen (secondary N) is 1. The van der Waals surface area contributed by atoms with Crippen LogP contribution in [0.1, 0.15) is 40.5 Å². The number of hydrogen-bond donors (Lipinski definition) is 1. The van der Waals surface area contributed by atoms with E-state index in [9.17, 15) is 0 Å². The summed E-state index contributed by atoms with van der Waals surface area (Å²) in [6, 6.07) is 6.06. The Morgan fingerprint density at radius 1 is 1.14 bits per heavy atom. The van der Waals surface area contributed by atoms with Gasteiger partial charge in [0.25, 0.3) is 0 Å². The summed E-state index contributed by atoms with van der Waals surface area (Å²) >= 11 is 0. The van der Waals surface area contributed by atoms with E-state index in [1.54, 1.807) is 0 Å². The Morgan fingerprint density at radius 3 is 2.29 bits per heavy atom. The van der Waals surface area contributed by atoms with E-state index < -0.39 is 0 Å². The number of benzene rings is 1. The van der Waals surface area contributed by atoms with E-state index in [1.807, 2.05) is 25.2 Å². The van der Waals surface area contributed by atoms with Crippen molar-refractivity contribution in [3.05, 3.63) is 18.2 Å². The molecule has 21 heavy (non-hydrogen) atoms. The predicted octanol–water partition coefficient (Wildman–Crippen LogP) is 2.57. The first-order valence-corrected chi connectivity index (χ1v) is 7.66. The van der Waals surface area contributed by atoms with Crippen LogP contribution < -0.4 is 15.5 Å². The zero-order valence-corrected chi connectivity index (χ0v) is 13.5. The second kappa shape index (κ2) is 4.92. The highest BCUT2D eigenvalue weighted by Crippen LogP contribution is 2.37. The van der Waals surface area contributed by atoms with Crippen LogP contribution in [-0.2, 0) is 9.31 Å². The molecule has 0 aromatic heterocycles. The average Bonchev–Trinajstić information content (AvgIpc) is 3.17. The van der Waals surface area contributed by atoms with Gasteiger partial charge in [0.15, 0.2) is 0 Å². The molecule has 1 aliphatic carbocycles. The average molecular weight is 289 g/mol. The number of hydrogen-bond acceptors (Lipinski definition) is 4. The summed E-state index contributed by atoms with van der Waals surface area (Å²) in [6.45, 7) is 8.26. The second-order valence-corrected chi connectivity index (χ2v) is 6.90. The van der Waals surface area contributed by atoms with Crippen molar-refractivity contribution in [2.75, 3.05) is 12.4 Å². The van der Waals surface area contributed by atoms with Crippen molar-refractivity contribution in [2.24, 2.45) is 0 Å². The van der Waals surface area contributed by atoms with Gasteiger partial charge in [0.05, 0.1) is 17.3 Å². The van der Waals surface area contributed by atoms with Crippen molar-refractivity contribution in [1.82, 2.24) is 0 Å². The zero-order valence-electron chi connectivity index (χ0n) is 13.5. The van der Waals surface area contributed by atoms with Gasteiger partial charge in [0.2, 0.25) is 0 Å². The molecule has 0 bridgehead atoms. The first kappa shape index (κ1) is 14.7. The lowest BCUT2D eigenvalue weighted by Crippen LogP contribution is -2.41. The summed E-state index contributed by atoms with van der Waals surface area (Å²) < 4.78 is 18.1. The minimum absolute atomic E-state index is 0.328. The number of anilines is 1. The monoisotopic (exact) mass is 289 g/mol. The molecule has 2 aliphatic rings. The molecule has 0 unspecified atom stereocenters. The Balaban J connectivity index is 1.85. The van der Waals surface area contributed by atoms with E-state index in [1.165, 1.54) is 0 Å². The lowest BCUT2D eigenvalue weighted by atomic mass is 9.77. The molecule has 0 radical (unpaired) electrons. The third kappa shape index (κ3) is 2.77. The number of rotatable bonds is 4. The molecular formula is C16H24BNO3. The van der Waals surface area contributed by atoms with Crippen LogP contribution in [0, 0.1) is 0 Å². The molecular weight excluding hydrogens is 265 g/mol. The van der Waals surface area contributed by atoms with Gasteiger partial charge in [0, 0.05) is 24.3 Å². The van der Waals surface area contributed by atoms with Gasteiger partial charge in [-0.1, -0.05) is 6.07 Å². The highest BCUT2D eigenvalue weighted by atomic mass is 16.7. The van der Waals surface area contributed by atoms with Crippen LogP contribution in [0.25, 0.3) is 0 Å². The first-order valence-electron chi connectivity index (χ1n) is 7.66. The molecule has 114 valence electrons. The predicted molar refractivity (Wildman–Crippen MR) is 85.4 cm³/mol. The minimum atomic E-state index is -0.354. The van der Waals surface area contributed by atoms with Crippen molar-refractivity contribution in [2.45, 2.75) is 57.8 Å².